The van der Waals surface area contributed by atoms with Crippen molar-refractivity contribution in [1.29, 1.82) is 0 Å². The smallest absolute Gasteiger partial charge is 0.338 e. The molecule has 8 nitrogen and oxygen atoms in total. The molecule has 2 aromatic carbocycles. The molecule has 0 aromatic heterocycles. The molecule has 1 amide bonds. The van der Waals surface area contributed by atoms with E-state index in [1.54, 1.807) is 13.8 Å². The molecule has 2 aromatic rings. The second-order valence-electron chi connectivity index (χ2n) is 7.59. The number of fused-ring (bicyclic) bond motifs is 1. The minimum Gasteiger partial charge on any atom is -0.493 e. The monoisotopic (exact) mass is 446 g/mol. The van der Waals surface area contributed by atoms with Crippen LogP contribution < -0.4 is 14.8 Å². The predicted octanol–water partition coefficient (Wildman–Crippen LogP) is 2.56. The Kier molecular flexibility index (Phi) is 6.97. The predicted molar refractivity (Wildman–Crippen MR) is 114 cm³/mol. The number of sulfonamides is 1. The summed E-state index contributed by atoms with van der Waals surface area (Å²) >= 11 is 0. The van der Waals surface area contributed by atoms with Crippen LogP contribution in [0.15, 0.2) is 53.4 Å². The minimum absolute atomic E-state index is 0.0442. The molecule has 0 radical (unpaired) electrons. The number of hydrogen-bond donors (Lipinski definition) is 2. The normalized spacial score (nSPS) is 16.7. The number of esters is 1. The van der Waals surface area contributed by atoms with Gasteiger partial charge in [-0.1, -0.05) is 24.3 Å². The highest BCUT2D eigenvalue weighted by atomic mass is 32.2. The van der Waals surface area contributed by atoms with E-state index in [1.165, 1.54) is 31.2 Å². The largest absolute Gasteiger partial charge is 0.493 e. The van der Waals surface area contributed by atoms with Crippen molar-refractivity contribution < 1.29 is 27.5 Å². The maximum atomic E-state index is 12.6. The molecule has 1 heterocycles. The first-order valence-corrected chi connectivity index (χ1v) is 11.5. The first kappa shape index (κ1) is 22.8. The first-order chi connectivity index (χ1) is 14.7. The number of nitrogens with one attached hydrogen (secondary N) is 2. The fourth-order valence-corrected chi connectivity index (χ4v) is 4.53. The van der Waals surface area contributed by atoms with Gasteiger partial charge in [0.1, 0.15) is 5.75 Å². The molecule has 0 spiro atoms. The molecule has 0 aliphatic carbocycles. The van der Waals surface area contributed by atoms with Gasteiger partial charge < -0.3 is 14.8 Å². The molecule has 1 aliphatic rings. The van der Waals surface area contributed by atoms with Gasteiger partial charge in [0, 0.05) is 18.0 Å². The molecule has 9 heteroatoms. The fraction of sp³-hybridized carbons (Fsp3) is 0.364. The van der Waals surface area contributed by atoms with Crippen LogP contribution in [0.1, 0.15) is 49.2 Å². The number of rotatable bonds is 7. The third kappa shape index (κ3) is 5.62. The van der Waals surface area contributed by atoms with Crippen molar-refractivity contribution >= 4 is 21.9 Å². The number of amides is 1. The van der Waals surface area contributed by atoms with Gasteiger partial charge in [-0.3, -0.25) is 4.79 Å². The van der Waals surface area contributed by atoms with Crippen molar-refractivity contribution in [3.05, 3.63) is 59.7 Å². The highest BCUT2D eigenvalue weighted by Gasteiger charge is 2.27. The third-order valence-electron chi connectivity index (χ3n) is 4.70. The van der Waals surface area contributed by atoms with Crippen LogP contribution in [0.4, 0.5) is 0 Å². The summed E-state index contributed by atoms with van der Waals surface area (Å²) in [5.74, 6) is -0.506. The molecule has 2 atom stereocenters. The van der Waals surface area contributed by atoms with E-state index in [1.807, 2.05) is 24.3 Å². The third-order valence-corrected chi connectivity index (χ3v) is 6.36. The zero-order valence-corrected chi connectivity index (χ0v) is 18.4. The molecule has 2 N–H and O–H groups in total. The van der Waals surface area contributed by atoms with Gasteiger partial charge in [0.05, 0.1) is 23.1 Å². The van der Waals surface area contributed by atoms with Gasteiger partial charge >= 0.3 is 5.97 Å². The Bertz CT molecular complexity index is 1070. The lowest BCUT2D eigenvalue weighted by Crippen LogP contribution is -2.39. The second kappa shape index (κ2) is 9.49. The van der Waals surface area contributed by atoms with Crippen molar-refractivity contribution in [2.75, 3.05) is 6.61 Å². The number of hydrogen-bond acceptors (Lipinski definition) is 6. The molecule has 2 unspecified atom stereocenters. The molecular formula is C22H26N2O6S. The molecule has 166 valence electrons. The quantitative estimate of drug-likeness (QED) is 0.633. The van der Waals surface area contributed by atoms with Gasteiger partial charge in [0.15, 0.2) is 6.10 Å². The molecular weight excluding hydrogens is 420 g/mol. The minimum atomic E-state index is -3.76. The molecule has 0 bridgehead atoms. The second-order valence-corrected chi connectivity index (χ2v) is 9.30. The first-order valence-electron chi connectivity index (χ1n) is 10.0. The van der Waals surface area contributed by atoms with Crippen LogP contribution in [0, 0.1) is 0 Å². The van der Waals surface area contributed by atoms with Gasteiger partial charge in [0.2, 0.25) is 10.0 Å². The van der Waals surface area contributed by atoms with Crippen LogP contribution in [0.25, 0.3) is 0 Å². The number of carbonyl (C=O) groups is 2. The van der Waals surface area contributed by atoms with E-state index in [0.29, 0.717) is 13.0 Å². The summed E-state index contributed by atoms with van der Waals surface area (Å²) in [5, 5.41) is 2.89. The van der Waals surface area contributed by atoms with Crippen molar-refractivity contribution in [2.45, 2.75) is 50.3 Å². The zero-order chi connectivity index (χ0) is 22.6. The number of benzene rings is 2. The van der Waals surface area contributed by atoms with E-state index in [0.717, 1.165) is 11.3 Å². The molecule has 0 fully saturated rings. The van der Waals surface area contributed by atoms with Crippen LogP contribution in [-0.2, 0) is 19.6 Å². The lowest BCUT2D eigenvalue weighted by atomic mass is 10.0. The number of ether oxygens (including phenoxy) is 2. The summed E-state index contributed by atoms with van der Waals surface area (Å²) in [7, 11) is -3.76. The van der Waals surface area contributed by atoms with E-state index in [9.17, 15) is 18.0 Å². The van der Waals surface area contributed by atoms with Crippen molar-refractivity contribution in [2.24, 2.45) is 0 Å². The Morgan fingerprint density at radius 1 is 1.10 bits per heavy atom. The van der Waals surface area contributed by atoms with Crippen molar-refractivity contribution in [3.8, 4) is 5.75 Å². The average Bonchev–Trinajstić information content (AvgIpc) is 2.73. The molecule has 0 saturated carbocycles. The van der Waals surface area contributed by atoms with Gasteiger partial charge in [-0.2, -0.15) is 0 Å². The Balaban J connectivity index is 1.66. The highest BCUT2D eigenvalue weighted by molar-refractivity contribution is 7.89. The summed E-state index contributed by atoms with van der Waals surface area (Å²) in [6.07, 6.45) is -0.455. The average molecular weight is 447 g/mol. The van der Waals surface area contributed by atoms with Crippen molar-refractivity contribution in [1.82, 2.24) is 10.0 Å². The highest BCUT2D eigenvalue weighted by Crippen LogP contribution is 2.31. The van der Waals surface area contributed by atoms with Gasteiger partial charge in [-0.25, -0.2) is 17.9 Å². The summed E-state index contributed by atoms with van der Waals surface area (Å²) in [4.78, 5) is 25.1. The number of carbonyl (C=O) groups excluding carboxylic acids is 2. The molecule has 31 heavy (non-hydrogen) atoms. The lowest BCUT2D eigenvalue weighted by Gasteiger charge is -2.27. The summed E-state index contributed by atoms with van der Waals surface area (Å²) in [5.41, 5.74) is 0.916. The summed E-state index contributed by atoms with van der Waals surface area (Å²) in [6, 6.07) is 12.4. The standard InChI is InChI=1S/C22H26N2O6S/c1-14(2)24-31(27,28)17-8-6-7-16(13-17)22(26)30-15(3)21(25)23-19-11-12-29-20-10-5-4-9-18(19)20/h4-10,13-15,19,24H,11-12H2,1-3H3,(H,23,25). The Hall–Kier alpha value is -2.91. The SMILES string of the molecule is CC(C)NS(=O)(=O)c1cccc(C(=O)OC(C)C(=O)NC2CCOc3ccccc32)c1. The molecule has 1 aliphatic heterocycles. The van der Waals surface area contributed by atoms with Gasteiger partial charge in [-0.05, 0) is 45.0 Å². The zero-order valence-electron chi connectivity index (χ0n) is 17.6. The van der Waals surface area contributed by atoms with E-state index in [-0.39, 0.29) is 22.5 Å². The van der Waals surface area contributed by atoms with E-state index < -0.39 is 28.0 Å². The molecule has 3 rings (SSSR count). The van der Waals surface area contributed by atoms with Crippen LogP contribution in [0.5, 0.6) is 5.75 Å². The fourth-order valence-electron chi connectivity index (χ4n) is 3.23. The van der Waals surface area contributed by atoms with Crippen molar-refractivity contribution in [3.63, 3.8) is 0 Å². The lowest BCUT2D eigenvalue weighted by molar-refractivity contribution is -0.130. The van der Waals surface area contributed by atoms with E-state index in [2.05, 4.69) is 10.0 Å². The van der Waals surface area contributed by atoms with Gasteiger partial charge in [0.25, 0.3) is 5.91 Å². The van der Waals surface area contributed by atoms with Crippen LogP contribution in [0.3, 0.4) is 0 Å². The number of para-hydroxylation sites is 1. The maximum Gasteiger partial charge on any atom is 0.338 e. The van der Waals surface area contributed by atoms with Crippen LogP contribution in [0.2, 0.25) is 0 Å². The Morgan fingerprint density at radius 2 is 1.84 bits per heavy atom. The molecule has 0 saturated heterocycles. The maximum absolute atomic E-state index is 12.6. The van der Waals surface area contributed by atoms with Crippen LogP contribution in [-0.4, -0.2) is 39.0 Å². The Labute approximate surface area is 182 Å². The Morgan fingerprint density at radius 3 is 2.58 bits per heavy atom. The van der Waals surface area contributed by atoms with E-state index >= 15 is 0 Å². The van der Waals surface area contributed by atoms with E-state index in [4.69, 9.17) is 9.47 Å². The topological polar surface area (TPSA) is 111 Å². The summed E-state index contributed by atoms with van der Waals surface area (Å²) in [6.45, 7) is 5.35. The van der Waals surface area contributed by atoms with Gasteiger partial charge in [-0.15, -0.1) is 0 Å². The summed E-state index contributed by atoms with van der Waals surface area (Å²) < 4.78 is 38.0. The van der Waals surface area contributed by atoms with Crippen LogP contribution >= 0.6 is 0 Å².